The smallest absolute Gasteiger partial charge is 0.318 e. The molecule has 2 amide bonds. The molecule has 0 bridgehead atoms. The van der Waals surface area contributed by atoms with E-state index in [1.165, 1.54) is 12.4 Å². The first-order chi connectivity index (χ1) is 16.7. The van der Waals surface area contributed by atoms with Crippen molar-refractivity contribution in [2.75, 3.05) is 17.2 Å². The zero-order chi connectivity index (χ0) is 25.5. The van der Waals surface area contributed by atoms with Crippen LogP contribution in [-0.4, -0.2) is 29.4 Å². The number of esters is 1. The Labute approximate surface area is 221 Å². The summed E-state index contributed by atoms with van der Waals surface area (Å²) in [6.45, 7) is 1.74. The highest BCUT2D eigenvalue weighted by molar-refractivity contribution is 6.40. The number of nitrogens with one attached hydrogen (secondary N) is 2. The average molecular weight is 555 g/mol. The molecule has 7 nitrogen and oxygen atoms in total. The van der Waals surface area contributed by atoms with E-state index in [2.05, 4.69) is 15.6 Å². The van der Waals surface area contributed by atoms with E-state index in [1.54, 1.807) is 49.4 Å². The van der Waals surface area contributed by atoms with E-state index in [9.17, 15) is 14.4 Å². The number of rotatable bonds is 8. The van der Waals surface area contributed by atoms with Crippen molar-refractivity contribution < 1.29 is 19.1 Å². The van der Waals surface area contributed by atoms with Gasteiger partial charge in [-0.05, 0) is 43.2 Å². The van der Waals surface area contributed by atoms with Gasteiger partial charge in [0.05, 0.1) is 37.9 Å². The Kier molecular flexibility index (Phi) is 9.34. The van der Waals surface area contributed by atoms with Crippen molar-refractivity contribution in [3.8, 4) is 0 Å². The van der Waals surface area contributed by atoms with Gasteiger partial charge in [0, 0.05) is 18.1 Å². The molecule has 3 aromatic rings. The number of hydrogen-bond donors (Lipinski definition) is 2. The van der Waals surface area contributed by atoms with Crippen LogP contribution in [0.5, 0.6) is 0 Å². The van der Waals surface area contributed by atoms with Gasteiger partial charge in [-0.2, -0.15) is 0 Å². The third kappa shape index (κ3) is 6.86. The van der Waals surface area contributed by atoms with Crippen LogP contribution in [0.4, 0.5) is 11.4 Å². The number of carbonyl (C=O) groups is 3. The van der Waals surface area contributed by atoms with E-state index in [0.717, 1.165) is 0 Å². The summed E-state index contributed by atoms with van der Waals surface area (Å²) in [4.78, 5) is 42.2. The van der Waals surface area contributed by atoms with Gasteiger partial charge in [-0.3, -0.25) is 19.4 Å². The predicted molar refractivity (Wildman–Crippen MR) is 138 cm³/mol. The number of pyridine rings is 1. The number of carbonyl (C=O) groups excluding carboxylic acids is 3. The minimum Gasteiger partial charge on any atom is -0.465 e. The van der Waals surface area contributed by atoms with Gasteiger partial charge in [0.15, 0.2) is 0 Å². The number of anilines is 2. The fourth-order valence-corrected chi connectivity index (χ4v) is 4.22. The van der Waals surface area contributed by atoms with Crippen molar-refractivity contribution >= 4 is 75.6 Å². The Bertz CT molecular complexity index is 1230. The summed E-state index contributed by atoms with van der Waals surface area (Å²) in [5.74, 6) is -3.08. The van der Waals surface area contributed by atoms with E-state index in [0.29, 0.717) is 11.3 Å². The van der Waals surface area contributed by atoms with E-state index in [4.69, 9.17) is 51.1 Å². The van der Waals surface area contributed by atoms with Crippen LogP contribution in [0.15, 0.2) is 54.9 Å². The first kappa shape index (κ1) is 26.8. The molecule has 1 unspecified atom stereocenters. The molecule has 35 heavy (non-hydrogen) atoms. The number of halogens is 4. The van der Waals surface area contributed by atoms with Gasteiger partial charge < -0.3 is 15.4 Å². The monoisotopic (exact) mass is 553 g/mol. The van der Waals surface area contributed by atoms with E-state index >= 15 is 0 Å². The minimum absolute atomic E-state index is 0.00673. The van der Waals surface area contributed by atoms with Crippen LogP contribution >= 0.6 is 46.4 Å². The number of amides is 2. The molecular weight excluding hydrogens is 536 g/mol. The third-order valence-electron chi connectivity index (χ3n) is 4.80. The van der Waals surface area contributed by atoms with E-state index < -0.39 is 23.7 Å². The van der Waals surface area contributed by atoms with Gasteiger partial charge in [-0.1, -0.05) is 64.6 Å². The van der Waals surface area contributed by atoms with E-state index in [1.807, 2.05) is 0 Å². The number of aromatic nitrogens is 1. The molecule has 11 heteroatoms. The molecule has 3 rings (SSSR count). The SMILES string of the molecule is CCOC(=O)C(Cc1cccc(NC(=O)c2c(Cl)cncc2Cl)c1)C(=O)Nc1c(Cl)cccc1Cl. The second-order valence-electron chi connectivity index (χ2n) is 7.23. The van der Waals surface area contributed by atoms with Crippen LogP contribution in [0.25, 0.3) is 0 Å². The first-order valence-corrected chi connectivity index (χ1v) is 11.8. The maximum atomic E-state index is 13.0. The Morgan fingerprint density at radius 1 is 0.914 bits per heavy atom. The summed E-state index contributed by atoms with van der Waals surface area (Å²) >= 11 is 24.4. The van der Waals surface area contributed by atoms with Gasteiger partial charge >= 0.3 is 5.97 Å². The number of benzene rings is 2. The molecule has 0 fully saturated rings. The normalized spacial score (nSPS) is 11.5. The Morgan fingerprint density at radius 3 is 2.17 bits per heavy atom. The lowest BCUT2D eigenvalue weighted by atomic mass is 9.97. The summed E-state index contributed by atoms with van der Waals surface area (Å²) < 4.78 is 5.10. The summed E-state index contributed by atoms with van der Waals surface area (Å²) in [6, 6.07) is 11.4. The number of hydrogen-bond acceptors (Lipinski definition) is 5. The Morgan fingerprint density at radius 2 is 1.54 bits per heavy atom. The number of para-hydroxylation sites is 1. The Balaban J connectivity index is 1.82. The molecule has 182 valence electrons. The average Bonchev–Trinajstić information content (AvgIpc) is 2.80. The summed E-state index contributed by atoms with van der Waals surface area (Å²) in [7, 11) is 0. The lowest BCUT2D eigenvalue weighted by Crippen LogP contribution is -2.33. The molecule has 1 aromatic heterocycles. The van der Waals surface area contributed by atoms with Gasteiger partial charge in [0.1, 0.15) is 5.92 Å². The molecule has 0 aliphatic heterocycles. The minimum atomic E-state index is -1.20. The molecule has 0 aliphatic carbocycles. The zero-order valence-corrected chi connectivity index (χ0v) is 21.3. The highest BCUT2D eigenvalue weighted by Crippen LogP contribution is 2.31. The molecule has 2 N–H and O–H groups in total. The quantitative estimate of drug-likeness (QED) is 0.251. The highest BCUT2D eigenvalue weighted by Gasteiger charge is 2.29. The van der Waals surface area contributed by atoms with E-state index in [-0.39, 0.29) is 44.4 Å². The number of ether oxygens (including phenoxy) is 1. The number of nitrogens with zero attached hydrogens (tertiary/aromatic N) is 1. The fraction of sp³-hybridized carbons (Fsp3) is 0.167. The van der Waals surface area contributed by atoms with Crippen LogP contribution in [0, 0.1) is 5.92 Å². The molecule has 0 radical (unpaired) electrons. The molecule has 2 aromatic carbocycles. The molecule has 1 heterocycles. The molecule has 1 atom stereocenters. The largest absolute Gasteiger partial charge is 0.465 e. The summed E-state index contributed by atoms with van der Waals surface area (Å²) in [6.07, 6.45) is 2.62. The zero-order valence-electron chi connectivity index (χ0n) is 18.3. The third-order valence-corrected chi connectivity index (χ3v) is 6.01. The maximum absolute atomic E-state index is 13.0. The Hall–Kier alpha value is -2.84. The lowest BCUT2D eigenvalue weighted by Gasteiger charge is -2.17. The van der Waals surface area contributed by atoms with Crippen molar-refractivity contribution in [1.29, 1.82) is 0 Å². The van der Waals surface area contributed by atoms with Gasteiger partial charge in [0.2, 0.25) is 5.91 Å². The van der Waals surface area contributed by atoms with Crippen LogP contribution in [0.1, 0.15) is 22.8 Å². The summed E-state index contributed by atoms with van der Waals surface area (Å²) in [5, 5.41) is 5.97. The van der Waals surface area contributed by atoms with Crippen molar-refractivity contribution in [3.63, 3.8) is 0 Å². The maximum Gasteiger partial charge on any atom is 0.318 e. The second kappa shape index (κ2) is 12.2. The van der Waals surface area contributed by atoms with Crippen molar-refractivity contribution in [2.45, 2.75) is 13.3 Å². The van der Waals surface area contributed by atoms with Crippen LogP contribution in [-0.2, 0) is 20.7 Å². The van der Waals surface area contributed by atoms with Crippen molar-refractivity contribution in [2.24, 2.45) is 5.92 Å². The predicted octanol–water partition coefficient (Wildman–Crippen LogP) is 6.31. The first-order valence-electron chi connectivity index (χ1n) is 10.3. The standard InChI is InChI=1S/C24H19Cl4N3O4/c1-2-35-24(34)15(22(32)31-21-16(25)7-4-8-17(21)26)10-13-5-3-6-14(9-13)30-23(33)20-18(27)11-29-12-19(20)28/h3-9,11-12,15H,2,10H2,1H3,(H,30,33)(H,31,32). The van der Waals surface area contributed by atoms with Crippen molar-refractivity contribution in [1.82, 2.24) is 4.98 Å². The van der Waals surface area contributed by atoms with Gasteiger partial charge in [-0.25, -0.2) is 0 Å². The summed E-state index contributed by atoms with van der Waals surface area (Å²) in [5.41, 5.74) is 1.28. The van der Waals surface area contributed by atoms with Gasteiger partial charge in [-0.15, -0.1) is 0 Å². The van der Waals surface area contributed by atoms with Crippen LogP contribution < -0.4 is 10.6 Å². The van der Waals surface area contributed by atoms with Gasteiger partial charge in [0.25, 0.3) is 5.91 Å². The molecule has 0 aliphatic rings. The lowest BCUT2D eigenvalue weighted by molar-refractivity contribution is -0.150. The molecule has 0 saturated heterocycles. The molecular formula is C24H19Cl4N3O4. The topological polar surface area (TPSA) is 97.4 Å². The molecule has 0 saturated carbocycles. The molecule has 0 spiro atoms. The second-order valence-corrected chi connectivity index (χ2v) is 8.86. The highest BCUT2D eigenvalue weighted by atomic mass is 35.5. The van der Waals surface area contributed by atoms with Crippen LogP contribution in [0.3, 0.4) is 0 Å². The van der Waals surface area contributed by atoms with Crippen molar-refractivity contribution in [3.05, 3.63) is 86.1 Å². The fourth-order valence-electron chi connectivity index (χ4n) is 3.19. The van der Waals surface area contributed by atoms with Crippen LogP contribution in [0.2, 0.25) is 20.1 Å².